The first kappa shape index (κ1) is 28.9. The first-order valence-corrected chi connectivity index (χ1v) is 11.4. The maximum atomic E-state index is 13.0. The van der Waals surface area contributed by atoms with Gasteiger partial charge in [-0.25, -0.2) is 4.79 Å². The van der Waals surface area contributed by atoms with Crippen LogP contribution in [0.3, 0.4) is 0 Å². The first-order chi connectivity index (χ1) is 15.9. The van der Waals surface area contributed by atoms with Crippen LogP contribution in [0.15, 0.2) is 30.3 Å². The summed E-state index contributed by atoms with van der Waals surface area (Å²) < 4.78 is 0. The highest BCUT2D eigenvalue weighted by atomic mass is 32.1. The molecule has 0 fully saturated rings. The number of carboxylic acid groups (broad SMARTS) is 1. The number of nitrogens with two attached hydrogens (primary N) is 2. The van der Waals surface area contributed by atoms with E-state index in [2.05, 4.69) is 28.6 Å². The lowest BCUT2D eigenvalue weighted by atomic mass is 10.0. The number of thiol groups is 1. The molecule has 0 heterocycles. The molecule has 0 aromatic heterocycles. The van der Waals surface area contributed by atoms with Gasteiger partial charge in [0.2, 0.25) is 23.6 Å². The summed E-state index contributed by atoms with van der Waals surface area (Å²) in [6, 6.07) is 4.41. The summed E-state index contributed by atoms with van der Waals surface area (Å²) in [7, 11) is 0. The molecule has 0 aliphatic rings. The molecule has 34 heavy (non-hydrogen) atoms. The van der Waals surface area contributed by atoms with Gasteiger partial charge < -0.3 is 32.5 Å². The Hall–Kier alpha value is -3.12. The summed E-state index contributed by atoms with van der Waals surface area (Å²) in [6.07, 6.45) is -0.0724. The van der Waals surface area contributed by atoms with Crippen molar-refractivity contribution in [3.05, 3.63) is 35.9 Å². The average Bonchev–Trinajstić information content (AvgIpc) is 2.75. The number of rotatable bonds is 14. The van der Waals surface area contributed by atoms with E-state index < -0.39 is 60.2 Å². The molecule has 188 valence electrons. The van der Waals surface area contributed by atoms with Crippen LogP contribution >= 0.6 is 12.6 Å². The van der Waals surface area contributed by atoms with Crippen LogP contribution < -0.4 is 27.4 Å². The Balaban J connectivity index is 2.93. The molecule has 4 atom stereocenters. The molecule has 0 bridgehead atoms. The number of aliphatic carboxylic acids is 1. The van der Waals surface area contributed by atoms with E-state index in [-0.39, 0.29) is 24.5 Å². The summed E-state index contributed by atoms with van der Waals surface area (Å²) >= 11 is 3.87. The van der Waals surface area contributed by atoms with E-state index in [9.17, 15) is 24.0 Å². The van der Waals surface area contributed by atoms with Crippen LogP contribution in [0.1, 0.15) is 32.3 Å². The predicted molar refractivity (Wildman–Crippen MR) is 129 cm³/mol. The number of carbonyl (C=O) groups is 5. The van der Waals surface area contributed by atoms with Gasteiger partial charge in [0.25, 0.3) is 0 Å². The molecule has 12 heteroatoms. The standard InChI is InChI=1S/C22H33N5O6S/c1-12(2)8-15(25-19(29)14(23)9-13-6-4-3-5-7-13)20(30)26-16(10-18(24)28)21(31)27-17(11-34)22(32)33/h3-7,12,14-17,34H,8-11,23H2,1-2H3,(H2,24,28)(H,25,29)(H,26,30)(H,27,31)(H,32,33). The van der Waals surface area contributed by atoms with Crippen LogP contribution in [-0.4, -0.2) is 64.6 Å². The lowest BCUT2D eigenvalue weighted by molar-refractivity contribution is -0.141. The first-order valence-electron chi connectivity index (χ1n) is 10.8. The van der Waals surface area contributed by atoms with Crippen LogP contribution in [0.2, 0.25) is 0 Å². The lowest BCUT2D eigenvalue weighted by Crippen LogP contribution is -2.58. The minimum atomic E-state index is -1.43. The van der Waals surface area contributed by atoms with Gasteiger partial charge in [0.05, 0.1) is 12.5 Å². The van der Waals surface area contributed by atoms with E-state index in [1.54, 1.807) is 0 Å². The summed E-state index contributed by atoms with van der Waals surface area (Å²) in [5.74, 6) is -4.62. The zero-order valence-corrected chi connectivity index (χ0v) is 20.1. The number of carbonyl (C=O) groups excluding carboxylic acids is 4. The van der Waals surface area contributed by atoms with Gasteiger partial charge in [0, 0.05) is 5.75 Å². The average molecular weight is 496 g/mol. The van der Waals surface area contributed by atoms with Gasteiger partial charge >= 0.3 is 5.97 Å². The van der Waals surface area contributed by atoms with Crippen molar-refractivity contribution >= 4 is 42.2 Å². The van der Waals surface area contributed by atoms with Gasteiger partial charge in [-0.1, -0.05) is 44.2 Å². The maximum absolute atomic E-state index is 13.0. The smallest absolute Gasteiger partial charge is 0.327 e. The Kier molecular flexibility index (Phi) is 12.1. The molecule has 0 radical (unpaired) electrons. The van der Waals surface area contributed by atoms with Crippen molar-refractivity contribution in [1.82, 2.24) is 16.0 Å². The third-order valence-electron chi connectivity index (χ3n) is 4.81. The zero-order chi connectivity index (χ0) is 25.8. The lowest BCUT2D eigenvalue weighted by Gasteiger charge is -2.25. The Morgan fingerprint density at radius 2 is 1.44 bits per heavy atom. The molecule has 11 nitrogen and oxygen atoms in total. The molecule has 4 amide bonds. The van der Waals surface area contributed by atoms with Crippen LogP contribution in [0.25, 0.3) is 0 Å². The van der Waals surface area contributed by atoms with Crippen molar-refractivity contribution < 1.29 is 29.1 Å². The van der Waals surface area contributed by atoms with Gasteiger partial charge in [0.15, 0.2) is 0 Å². The van der Waals surface area contributed by atoms with Crippen LogP contribution in [0, 0.1) is 5.92 Å². The van der Waals surface area contributed by atoms with Gasteiger partial charge in [-0.3, -0.25) is 19.2 Å². The summed E-state index contributed by atoms with van der Waals surface area (Å²) in [5, 5.41) is 16.3. The van der Waals surface area contributed by atoms with Crippen molar-refractivity contribution in [3.8, 4) is 0 Å². The maximum Gasteiger partial charge on any atom is 0.327 e. The largest absolute Gasteiger partial charge is 0.480 e. The third kappa shape index (κ3) is 10.2. The number of nitrogens with one attached hydrogen (secondary N) is 3. The van der Waals surface area contributed by atoms with Crippen LogP contribution in [-0.2, 0) is 30.4 Å². The number of primary amides is 1. The molecular formula is C22H33N5O6S. The third-order valence-corrected chi connectivity index (χ3v) is 5.18. The topological polar surface area (TPSA) is 194 Å². The normalized spacial score (nSPS) is 14.4. The van der Waals surface area contributed by atoms with Crippen molar-refractivity contribution in [3.63, 3.8) is 0 Å². The number of carboxylic acids is 1. The quantitative estimate of drug-likeness (QED) is 0.160. The minimum Gasteiger partial charge on any atom is -0.480 e. The molecule has 0 saturated carbocycles. The highest BCUT2D eigenvalue weighted by Gasteiger charge is 2.31. The molecule has 1 rings (SSSR count). The Morgan fingerprint density at radius 3 is 1.94 bits per heavy atom. The Morgan fingerprint density at radius 1 is 0.912 bits per heavy atom. The highest BCUT2D eigenvalue weighted by molar-refractivity contribution is 7.80. The summed E-state index contributed by atoms with van der Waals surface area (Å²) in [6.45, 7) is 3.68. The fraction of sp³-hybridized carbons (Fsp3) is 0.500. The van der Waals surface area contributed by atoms with Crippen LogP contribution in [0.5, 0.6) is 0 Å². The molecule has 0 aliphatic heterocycles. The van der Waals surface area contributed by atoms with Gasteiger partial charge in [-0.05, 0) is 24.3 Å². The molecule has 4 unspecified atom stereocenters. The molecule has 0 aliphatic carbocycles. The molecular weight excluding hydrogens is 462 g/mol. The highest BCUT2D eigenvalue weighted by Crippen LogP contribution is 2.08. The van der Waals surface area contributed by atoms with Gasteiger partial charge in [0.1, 0.15) is 18.1 Å². The van der Waals surface area contributed by atoms with Gasteiger partial charge in [-0.2, -0.15) is 12.6 Å². The zero-order valence-electron chi connectivity index (χ0n) is 19.2. The van der Waals surface area contributed by atoms with E-state index in [1.165, 1.54) is 0 Å². The minimum absolute atomic E-state index is 0.00890. The van der Waals surface area contributed by atoms with E-state index in [0.717, 1.165) is 5.56 Å². The molecule has 1 aromatic rings. The predicted octanol–water partition coefficient (Wildman–Crippen LogP) is -1.05. The van der Waals surface area contributed by atoms with Crippen LogP contribution in [0.4, 0.5) is 0 Å². The van der Waals surface area contributed by atoms with Crippen molar-refractivity contribution in [2.75, 3.05) is 5.75 Å². The fourth-order valence-corrected chi connectivity index (χ4v) is 3.33. The number of benzene rings is 1. The second-order valence-electron chi connectivity index (χ2n) is 8.30. The van der Waals surface area contributed by atoms with Crippen molar-refractivity contribution in [2.24, 2.45) is 17.4 Å². The van der Waals surface area contributed by atoms with Crippen molar-refractivity contribution in [2.45, 2.75) is 57.3 Å². The Bertz CT molecular complexity index is 867. The number of hydrogen-bond donors (Lipinski definition) is 7. The van der Waals surface area contributed by atoms with E-state index in [4.69, 9.17) is 16.6 Å². The van der Waals surface area contributed by atoms with E-state index in [0.29, 0.717) is 0 Å². The Labute approximate surface area is 203 Å². The SMILES string of the molecule is CC(C)CC(NC(=O)C(N)Cc1ccccc1)C(=O)NC(CC(N)=O)C(=O)NC(CS)C(=O)O. The number of hydrogen-bond acceptors (Lipinski definition) is 7. The van der Waals surface area contributed by atoms with E-state index >= 15 is 0 Å². The summed E-state index contributed by atoms with van der Waals surface area (Å²) in [5.41, 5.74) is 12.1. The molecule has 8 N–H and O–H groups in total. The number of amides is 4. The molecule has 0 saturated heterocycles. The second-order valence-corrected chi connectivity index (χ2v) is 8.67. The second kappa shape index (κ2) is 14.2. The van der Waals surface area contributed by atoms with Gasteiger partial charge in [-0.15, -0.1) is 0 Å². The monoisotopic (exact) mass is 495 g/mol. The fourth-order valence-electron chi connectivity index (χ4n) is 3.08. The molecule has 1 aromatic carbocycles. The van der Waals surface area contributed by atoms with Crippen molar-refractivity contribution in [1.29, 1.82) is 0 Å². The molecule has 0 spiro atoms. The summed E-state index contributed by atoms with van der Waals surface area (Å²) in [4.78, 5) is 60.8. The van der Waals surface area contributed by atoms with E-state index in [1.807, 2.05) is 44.2 Å².